The summed E-state index contributed by atoms with van der Waals surface area (Å²) in [7, 11) is 0. The molecule has 5 rings (SSSR count). The lowest BCUT2D eigenvalue weighted by Gasteiger charge is -2.50. The molecule has 50 heavy (non-hydrogen) atoms. The molecular weight excluding hydrogens is 632 g/mol. The van der Waals surface area contributed by atoms with Crippen molar-refractivity contribution in [1.82, 2.24) is 0 Å². The largest absolute Gasteiger partial charge is 0.457 e. The monoisotopic (exact) mass is 680 g/mol. The predicted molar refractivity (Wildman–Crippen MR) is 191 cm³/mol. The van der Waals surface area contributed by atoms with Gasteiger partial charge in [-0.2, -0.15) is 0 Å². The Balaban J connectivity index is 1.50. The van der Waals surface area contributed by atoms with Gasteiger partial charge in [-0.25, -0.2) is 4.79 Å². The molecule has 8 nitrogen and oxygen atoms in total. The van der Waals surface area contributed by atoms with E-state index in [4.69, 9.17) is 28.4 Å². The van der Waals surface area contributed by atoms with E-state index >= 15 is 0 Å². The van der Waals surface area contributed by atoms with Gasteiger partial charge in [0.15, 0.2) is 5.79 Å². The average molecular weight is 681 g/mol. The maximum Gasteiger partial charge on any atom is 0.334 e. The molecule has 0 amide bonds. The summed E-state index contributed by atoms with van der Waals surface area (Å²) in [5.74, 6) is -2.71. The van der Waals surface area contributed by atoms with Crippen molar-refractivity contribution < 1.29 is 38.3 Å². The van der Waals surface area contributed by atoms with Gasteiger partial charge >= 0.3 is 5.97 Å². The van der Waals surface area contributed by atoms with Gasteiger partial charge < -0.3 is 33.5 Å². The van der Waals surface area contributed by atoms with E-state index in [1.165, 1.54) is 0 Å². The highest BCUT2D eigenvalue weighted by Gasteiger charge is 2.57. The number of hydrogen-bond donors (Lipinski definition) is 1. The van der Waals surface area contributed by atoms with Crippen molar-refractivity contribution in [2.24, 2.45) is 0 Å². The van der Waals surface area contributed by atoms with Crippen molar-refractivity contribution in [3.8, 4) is 0 Å². The molecule has 1 aliphatic rings. The first-order valence-electron chi connectivity index (χ1n) is 17.0. The zero-order valence-electron chi connectivity index (χ0n) is 29.1. The van der Waals surface area contributed by atoms with Crippen LogP contribution in [0.25, 0.3) is 0 Å². The number of rotatable bonds is 16. The average Bonchev–Trinajstić information content (AvgIpc) is 3.11. The maximum atomic E-state index is 13.2. The highest BCUT2D eigenvalue weighted by Crippen LogP contribution is 2.39. The number of carbonyl (C=O) groups is 1. The molecular formula is C42H48O8. The molecule has 1 aliphatic heterocycles. The van der Waals surface area contributed by atoms with E-state index in [0.717, 1.165) is 22.3 Å². The SMILES string of the molecule is C=C(C[C@]1(O)O[C@H](COCc2ccccc2)[C@@H](OCc2ccccc2)[C@H](OCc2ccccc2)[C@H]1OCc1ccccc1)C(=O)OC(C)(C)C. The molecule has 1 N–H and O–H groups in total. The van der Waals surface area contributed by atoms with Crippen LogP contribution in [0.15, 0.2) is 133 Å². The van der Waals surface area contributed by atoms with E-state index in [1.807, 2.05) is 121 Å². The summed E-state index contributed by atoms with van der Waals surface area (Å²) in [5.41, 5.74) is 3.04. The molecule has 0 aliphatic carbocycles. The van der Waals surface area contributed by atoms with Gasteiger partial charge in [0.05, 0.1) is 33.0 Å². The molecule has 1 fully saturated rings. The van der Waals surface area contributed by atoms with Crippen LogP contribution in [0.5, 0.6) is 0 Å². The van der Waals surface area contributed by atoms with Gasteiger partial charge in [0, 0.05) is 12.0 Å². The van der Waals surface area contributed by atoms with Crippen LogP contribution in [-0.4, -0.2) is 53.5 Å². The van der Waals surface area contributed by atoms with Crippen molar-refractivity contribution in [3.63, 3.8) is 0 Å². The first-order valence-corrected chi connectivity index (χ1v) is 17.0. The molecule has 0 spiro atoms. The second-order valence-electron chi connectivity index (χ2n) is 13.5. The summed E-state index contributed by atoms with van der Waals surface area (Å²) in [6.45, 7) is 10.3. The molecule has 8 heteroatoms. The molecule has 5 atom stereocenters. The minimum Gasteiger partial charge on any atom is -0.457 e. The molecule has 4 aromatic carbocycles. The number of aliphatic hydroxyl groups is 1. The minimum atomic E-state index is -2.07. The van der Waals surface area contributed by atoms with Crippen LogP contribution in [-0.2, 0) is 59.6 Å². The zero-order valence-corrected chi connectivity index (χ0v) is 29.1. The maximum absolute atomic E-state index is 13.2. The van der Waals surface area contributed by atoms with Crippen LogP contribution < -0.4 is 0 Å². The molecule has 0 aromatic heterocycles. The standard InChI is InChI=1S/C42H48O8/c1-31(40(43)50-41(2,3)4)25-42(44)39(48-29-35-23-15-8-16-24-35)38(47-28-34-21-13-7-14-22-34)37(46-27-33-19-11-6-12-20-33)36(49-42)30-45-26-32-17-9-5-10-18-32/h5-24,36-39,44H,1,25-30H2,2-4H3/t36-,37-,38+,39-,42+/m1/s1. The molecule has 0 unspecified atom stereocenters. The van der Waals surface area contributed by atoms with Gasteiger partial charge in [0.25, 0.3) is 0 Å². The fourth-order valence-corrected chi connectivity index (χ4v) is 5.81. The quantitative estimate of drug-likeness (QED) is 0.0972. The Hall–Kier alpha value is -4.15. The molecule has 0 bridgehead atoms. The fourth-order valence-electron chi connectivity index (χ4n) is 5.81. The second kappa shape index (κ2) is 17.7. The Morgan fingerprint density at radius 3 is 1.56 bits per heavy atom. The third-order valence-corrected chi connectivity index (χ3v) is 8.18. The Morgan fingerprint density at radius 2 is 1.10 bits per heavy atom. The Kier molecular flexibility index (Phi) is 13.1. The lowest BCUT2D eigenvalue weighted by Crippen LogP contribution is -2.67. The Bertz CT molecular complexity index is 1610. The summed E-state index contributed by atoms with van der Waals surface area (Å²) >= 11 is 0. The van der Waals surface area contributed by atoms with Crippen molar-refractivity contribution in [2.45, 2.75) is 89.4 Å². The summed E-state index contributed by atoms with van der Waals surface area (Å²) in [4.78, 5) is 13.2. The van der Waals surface area contributed by atoms with Gasteiger partial charge in [0.2, 0.25) is 0 Å². The van der Waals surface area contributed by atoms with Crippen LogP contribution in [0.4, 0.5) is 0 Å². The third-order valence-electron chi connectivity index (χ3n) is 8.18. The number of benzene rings is 4. The predicted octanol–water partition coefficient (Wildman–Crippen LogP) is 7.33. The summed E-state index contributed by atoms with van der Waals surface area (Å²) in [6.07, 6.45) is -3.84. The third kappa shape index (κ3) is 10.9. The minimum absolute atomic E-state index is 0.0325. The Morgan fingerprint density at radius 1 is 0.680 bits per heavy atom. The number of hydrogen-bond acceptors (Lipinski definition) is 8. The number of esters is 1. The molecule has 4 aromatic rings. The topological polar surface area (TPSA) is 92.7 Å². The summed E-state index contributed by atoms with van der Waals surface area (Å²) in [5, 5.41) is 12.6. The first-order chi connectivity index (χ1) is 24.1. The van der Waals surface area contributed by atoms with E-state index in [0.29, 0.717) is 6.61 Å². The molecule has 264 valence electrons. The number of carbonyl (C=O) groups excluding carboxylic acids is 1. The highest BCUT2D eigenvalue weighted by atomic mass is 16.7. The normalized spacial score (nSPS) is 22.2. The Labute approximate surface area is 295 Å². The van der Waals surface area contributed by atoms with E-state index in [2.05, 4.69) is 6.58 Å². The van der Waals surface area contributed by atoms with Crippen LogP contribution in [0.2, 0.25) is 0 Å². The van der Waals surface area contributed by atoms with E-state index in [9.17, 15) is 9.90 Å². The van der Waals surface area contributed by atoms with E-state index in [-0.39, 0.29) is 38.4 Å². The zero-order chi connectivity index (χ0) is 35.4. The summed E-state index contributed by atoms with van der Waals surface area (Å²) in [6, 6.07) is 39.0. The van der Waals surface area contributed by atoms with Crippen molar-refractivity contribution in [3.05, 3.63) is 156 Å². The summed E-state index contributed by atoms with van der Waals surface area (Å²) < 4.78 is 38.3. The van der Waals surface area contributed by atoms with Crippen LogP contribution in [0, 0.1) is 0 Å². The lowest BCUT2D eigenvalue weighted by atomic mass is 9.88. The smallest absolute Gasteiger partial charge is 0.334 e. The van der Waals surface area contributed by atoms with Crippen LogP contribution in [0.1, 0.15) is 49.4 Å². The van der Waals surface area contributed by atoms with Crippen LogP contribution in [0.3, 0.4) is 0 Å². The molecule has 1 saturated heterocycles. The molecule has 0 radical (unpaired) electrons. The van der Waals surface area contributed by atoms with Crippen molar-refractivity contribution in [1.29, 1.82) is 0 Å². The van der Waals surface area contributed by atoms with Gasteiger partial charge in [0.1, 0.15) is 30.0 Å². The number of ether oxygens (including phenoxy) is 6. The van der Waals surface area contributed by atoms with E-state index in [1.54, 1.807) is 20.8 Å². The van der Waals surface area contributed by atoms with Gasteiger partial charge in [-0.1, -0.05) is 128 Å². The van der Waals surface area contributed by atoms with E-state index < -0.39 is 41.8 Å². The first kappa shape index (κ1) is 37.1. The molecule has 0 saturated carbocycles. The van der Waals surface area contributed by atoms with Gasteiger partial charge in [-0.05, 0) is 43.0 Å². The van der Waals surface area contributed by atoms with Gasteiger partial charge in [-0.3, -0.25) is 0 Å². The highest BCUT2D eigenvalue weighted by molar-refractivity contribution is 5.88. The van der Waals surface area contributed by atoms with Gasteiger partial charge in [-0.15, -0.1) is 0 Å². The van der Waals surface area contributed by atoms with Crippen molar-refractivity contribution >= 4 is 5.97 Å². The fraction of sp³-hybridized carbons (Fsp3) is 0.357. The van der Waals surface area contributed by atoms with Crippen molar-refractivity contribution in [2.75, 3.05) is 6.61 Å². The lowest BCUT2D eigenvalue weighted by molar-refractivity contribution is -0.370. The van der Waals surface area contributed by atoms with Crippen LogP contribution >= 0.6 is 0 Å². The second-order valence-corrected chi connectivity index (χ2v) is 13.5. The molecule has 1 heterocycles.